The first-order chi connectivity index (χ1) is 15.1. The molecule has 0 aliphatic carbocycles. The van der Waals surface area contributed by atoms with E-state index in [0.29, 0.717) is 11.5 Å². The Morgan fingerprint density at radius 3 is 1.74 bits per heavy atom. The number of rotatable bonds is 7. The van der Waals surface area contributed by atoms with Crippen LogP contribution in [-0.2, 0) is 4.57 Å². The summed E-state index contributed by atoms with van der Waals surface area (Å²) in [6.45, 7) is 3.85. The maximum atomic E-state index is 14.0. The quantitative estimate of drug-likeness (QED) is 0.240. The van der Waals surface area contributed by atoms with Crippen molar-refractivity contribution in [3.05, 3.63) is 96.6 Å². The molecular formula is C25H27N2O3P. The highest BCUT2D eigenvalue weighted by Gasteiger charge is 2.33. The molecule has 4 rings (SSSR count). The summed E-state index contributed by atoms with van der Waals surface area (Å²) in [5.74, 6) is 1.60. The molecule has 0 aromatic heterocycles. The SMILES string of the molecule is CC(C(=NP(=O)(Oc1ccccc1)Oc1ccccc1)N1CCCC1)c1ccccc1. The van der Waals surface area contributed by atoms with Crippen LogP contribution in [0.4, 0.5) is 0 Å². The van der Waals surface area contributed by atoms with E-state index in [-0.39, 0.29) is 5.92 Å². The van der Waals surface area contributed by atoms with Crippen LogP contribution in [0.1, 0.15) is 31.2 Å². The first kappa shape index (κ1) is 21.2. The van der Waals surface area contributed by atoms with Gasteiger partial charge in [0.1, 0.15) is 17.3 Å². The maximum absolute atomic E-state index is 14.0. The molecule has 1 fully saturated rings. The average molecular weight is 434 g/mol. The molecule has 0 saturated carbocycles. The fourth-order valence-electron chi connectivity index (χ4n) is 3.67. The van der Waals surface area contributed by atoms with Crippen LogP contribution in [0.15, 0.2) is 95.8 Å². The molecule has 1 aliphatic heterocycles. The lowest BCUT2D eigenvalue weighted by molar-refractivity contribution is 0.385. The number of benzene rings is 3. The normalized spacial score (nSPS) is 15.5. The Labute approximate surface area is 183 Å². The lowest BCUT2D eigenvalue weighted by Gasteiger charge is -2.27. The van der Waals surface area contributed by atoms with Gasteiger partial charge in [-0.2, -0.15) is 0 Å². The van der Waals surface area contributed by atoms with E-state index in [9.17, 15) is 4.57 Å². The van der Waals surface area contributed by atoms with Crippen molar-refractivity contribution in [1.29, 1.82) is 0 Å². The van der Waals surface area contributed by atoms with Gasteiger partial charge in [-0.25, -0.2) is 4.57 Å². The molecule has 6 heteroatoms. The zero-order chi connectivity index (χ0) is 21.5. The number of para-hydroxylation sites is 2. The van der Waals surface area contributed by atoms with Gasteiger partial charge in [0.25, 0.3) is 0 Å². The Balaban J connectivity index is 1.75. The predicted molar refractivity (Wildman–Crippen MR) is 125 cm³/mol. The van der Waals surface area contributed by atoms with Gasteiger partial charge in [-0.1, -0.05) is 73.7 Å². The van der Waals surface area contributed by atoms with Crippen molar-refractivity contribution in [3.8, 4) is 11.5 Å². The summed E-state index contributed by atoms with van der Waals surface area (Å²) in [5, 5.41) is 0. The largest absolute Gasteiger partial charge is 0.565 e. The average Bonchev–Trinajstić information content (AvgIpc) is 3.34. The van der Waals surface area contributed by atoms with Crippen LogP contribution >= 0.6 is 7.75 Å². The van der Waals surface area contributed by atoms with Crippen molar-refractivity contribution in [2.45, 2.75) is 25.7 Å². The van der Waals surface area contributed by atoms with E-state index in [1.807, 2.05) is 54.6 Å². The Hall–Kier alpha value is -3.04. The summed E-state index contributed by atoms with van der Waals surface area (Å²) < 4.78 is 30.5. The van der Waals surface area contributed by atoms with Crippen LogP contribution in [0.2, 0.25) is 0 Å². The second-order valence-corrected chi connectivity index (χ2v) is 9.06. The zero-order valence-corrected chi connectivity index (χ0v) is 18.5. The Kier molecular flexibility index (Phi) is 6.73. The third-order valence-corrected chi connectivity index (χ3v) is 6.60. The van der Waals surface area contributed by atoms with Crippen molar-refractivity contribution in [3.63, 3.8) is 0 Å². The van der Waals surface area contributed by atoms with Crippen molar-refractivity contribution in [1.82, 2.24) is 4.90 Å². The molecule has 1 unspecified atom stereocenters. The molecule has 3 aromatic rings. The van der Waals surface area contributed by atoms with E-state index in [2.05, 4.69) is 24.0 Å². The minimum atomic E-state index is -3.90. The highest BCUT2D eigenvalue weighted by atomic mass is 31.2. The predicted octanol–water partition coefficient (Wildman–Crippen LogP) is 6.55. The Morgan fingerprint density at radius 2 is 1.26 bits per heavy atom. The number of hydrogen-bond donors (Lipinski definition) is 0. The van der Waals surface area contributed by atoms with Crippen LogP contribution in [0.3, 0.4) is 0 Å². The van der Waals surface area contributed by atoms with Crippen LogP contribution < -0.4 is 9.05 Å². The van der Waals surface area contributed by atoms with Gasteiger partial charge in [0.2, 0.25) is 0 Å². The minimum absolute atomic E-state index is 0.0497. The van der Waals surface area contributed by atoms with Gasteiger partial charge in [-0.15, -0.1) is 4.76 Å². The van der Waals surface area contributed by atoms with Crippen molar-refractivity contribution in [2.75, 3.05) is 13.1 Å². The van der Waals surface area contributed by atoms with Gasteiger partial charge in [0, 0.05) is 19.0 Å². The van der Waals surface area contributed by atoms with E-state index < -0.39 is 7.75 Å². The molecule has 1 heterocycles. The summed E-state index contributed by atoms with van der Waals surface area (Å²) in [6, 6.07) is 28.3. The standard InChI is InChI=1S/C25H27N2O3P/c1-21(22-13-5-2-6-14-22)25(27-19-11-12-20-27)26-31(28,29-23-15-7-3-8-16-23)30-24-17-9-4-10-18-24/h2-10,13-18,21H,11-12,19-20H2,1H3. The first-order valence-electron chi connectivity index (χ1n) is 10.6. The van der Waals surface area contributed by atoms with Crippen LogP contribution in [0, 0.1) is 0 Å². The minimum Gasteiger partial charge on any atom is -0.399 e. The summed E-state index contributed by atoms with van der Waals surface area (Å²) in [6.07, 6.45) is 2.17. The third kappa shape index (κ3) is 5.56. The lowest BCUT2D eigenvalue weighted by Crippen LogP contribution is -2.32. The van der Waals surface area contributed by atoms with Gasteiger partial charge in [-0.05, 0) is 42.7 Å². The molecule has 3 aromatic carbocycles. The number of hydrogen-bond acceptors (Lipinski definition) is 3. The van der Waals surface area contributed by atoms with Crippen molar-refractivity contribution >= 4 is 13.6 Å². The topological polar surface area (TPSA) is 51.1 Å². The molecule has 1 aliphatic rings. The molecule has 0 radical (unpaired) electrons. The molecule has 0 bridgehead atoms. The highest BCUT2D eigenvalue weighted by Crippen LogP contribution is 2.51. The van der Waals surface area contributed by atoms with E-state index >= 15 is 0 Å². The Bertz CT molecular complexity index is 991. The van der Waals surface area contributed by atoms with Crippen molar-refractivity contribution in [2.24, 2.45) is 4.76 Å². The molecular weight excluding hydrogens is 407 g/mol. The highest BCUT2D eigenvalue weighted by molar-refractivity contribution is 7.53. The summed E-state index contributed by atoms with van der Waals surface area (Å²) in [7, 11) is -3.90. The van der Waals surface area contributed by atoms with Gasteiger partial charge in [0.15, 0.2) is 0 Å². The van der Waals surface area contributed by atoms with E-state index in [0.717, 1.165) is 37.3 Å². The van der Waals surface area contributed by atoms with Crippen LogP contribution in [0.25, 0.3) is 0 Å². The molecule has 0 spiro atoms. The van der Waals surface area contributed by atoms with Gasteiger partial charge >= 0.3 is 7.75 Å². The number of amidine groups is 1. The van der Waals surface area contributed by atoms with E-state index in [1.165, 1.54) is 0 Å². The third-order valence-electron chi connectivity index (χ3n) is 5.27. The summed E-state index contributed by atoms with van der Waals surface area (Å²) in [4.78, 5) is 2.20. The summed E-state index contributed by atoms with van der Waals surface area (Å²) >= 11 is 0. The number of likely N-dealkylation sites (tertiary alicyclic amines) is 1. The molecule has 0 N–H and O–H groups in total. The van der Waals surface area contributed by atoms with Crippen LogP contribution in [0.5, 0.6) is 11.5 Å². The van der Waals surface area contributed by atoms with Gasteiger partial charge in [-0.3, -0.25) is 0 Å². The second kappa shape index (κ2) is 9.84. The van der Waals surface area contributed by atoms with E-state index in [4.69, 9.17) is 13.8 Å². The van der Waals surface area contributed by atoms with Crippen LogP contribution in [-0.4, -0.2) is 23.8 Å². The molecule has 1 atom stereocenters. The van der Waals surface area contributed by atoms with Crippen molar-refractivity contribution < 1.29 is 13.6 Å². The molecule has 5 nitrogen and oxygen atoms in total. The Morgan fingerprint density at radius 1 is 0.806 bits per heavy atom. The fraction of sp³-hybridized carbons (Fsp3) is 0.240. The van der Waals surface area contributed by atoms with Gasteiger partial charge < -0.3 is 13.9 Å². The number of nitrogens with zero attached hydrogens (tertiary/aromatic N) is 2. The molecule has 160 valence electrons. The maximum Gasteiger partial charge on any atom is 0.565 e. The molecule has 0 amide bonds. The second-order valence-electron chi connectivity index (χ2n) is 7.56. The smallest absolute Gasteiger partial charge is 0.399 e. The molecule has 31 heavy (non-hydrogen) atoms. The fourth-order valence-corrected chi connectivity index (χ4v) is 5.12. The molecule has 1 saturated heterocycles. The summed E-state index contributed by atoms with van der Waals surface area (Å²) in [5.41, 5.74) is 1.11. The van der Waals surface area contributed by atoms with Gasteiger partial charge in [0.05, 0.1) is 0 Å². The first-order valence-corrected chi connectivity index (χ1v) is 12.1. The lowest BCUT2D eigenvalue weighted by atomic mass is 9.99. The monoisotopic (exact) mass is 434 g/mol. The van der Waals surface area contributed by atoms with E-state index in [1.54, 1.807) is 24.3 Å². The zero-order valence-electron chi connectivity index (χ0n) is 17.6.